The maximum Gasteiger partial charge on any atom is 0.324 e. The van der Waals surface area contributed by atoms with Gasteiger partial charge in [0.25, 0.3) is 0 Å². The molecule has 1 saturated heterocycles. The molecule has 3 rings (SSSR count). The molecule has 1 aromatic rings. The summed E-state index contributed by atoms with van der Waals surface area (Å²) in [4.78, 5) is 33.8. The van der Waals surface area contributed by atoms with Crippen LogP contribution in [0.4, 0.5) is 9.93 Å². The number of likely N-dealkylation sites (tertiary alicyclic amines) is 1. The van der Waals surface area contributed by atoms with E-state index in [9.17, 15) is 9.59 Å². The number of thiocyanates is 1. The Hall–Kier alpha value is -1.79. The number of amides is 3. The van der Waals surface area contributed by atoms with Crippen LogP contribution in [-0.2, 0) is 4.79 Å². The average Bonchev–Trinajstić information content (AvgIpc) is 3.17. The summed E-state index contributed by atoms with van der Waals surface area (Å²) in [6.07, 6.45) is 9.07. The van der Waals surface area contributed by atoms with Crippen molar-refractivity contribution < 1.29 is 9.59 Å². The number of urea groups is 1. The Kier molecular flexibility index (Phi) is 8.40. The lowest BCUT2D eigenvalue weighted by atomic mass is 9.85. The zero-order chi connectivity index (χ0) is 21.5. The van der Waals surface area contributed by atoms with Crippen molar-refractivity contribution >= 4 is 40.2 Å². The molecule has 0 bridgehead atoms. The van der Waals surface area contributed by atoms with E-state index in [1.165, 1.54) is 11.3 Å². The number of carbonyl (C=O) groups is 2. The fourth-order valence-corrected chi connectivity index (χ4v) is 5.73. The van der Waals surface area contributed by atoms with Gasteiger partial charge in [0.05, 0.1) is 10.4 Å². The molecule has 0 radical (unpaired) electrons. The quantitative estimate of drug-likeness (QED) is 0.492. The molecule has 30 heavy (non-hydrogen) atoms. The van der Waals surface area contributed by atoms with Crippen molar-refractivity contribution in [2.45, 2.75) is 81.5 Å². The fraction of sp³-hybridized carbons (Fsp3) is 0.714. The third-order valence-corrected chi connectivity index (χ3v) is 7.74. The van der Waals surface area contributed by atoms with Gasteiger partial charge in [0.15, 0.2) is 5.13 Å². The summed E-state index contributed by atoms with van der Waals surface area (Å²) in [5.74, 6) is 0.938. The topological polar surface area (TPSA) is 89.3 Å². The van der Waals surface area contributed by atoms with E-state index in [2.05, 4.69) is 17.2 Å². The lowest BCUT2D eigenvalue weighted by Gasteiger charge is -2.44. The molecule has 1 saturated carbocycles. The minimum Gasteiger partial charge on any atom is -0.343 e. The molecule has 0 spiro atoms. The number of thioether (sulfide) groups is 1. The number of aromatic nitrogens is 1. The molecule has 2 fully saturated rings. The minimum absolute atomic E-state index is 0.101. The lowest BCUT2D eigenvalue weighted by molar-refractivity contribution is -0.132. The van der Waals surface area contributed by atoms with E-state index >= 15 is 0 Å². The number of carbonyl (C=O) groups excluding carboxylic acids is 2. The number of anilines is 1. The Labute approximate surface area is 187 Å². The minimum atomic E-state index is -0.101. The SMILES string of the molecule is CCCC(=O)N1CCC(N(C(=O)Nc2ncc(SC#N)s2)C2CCC(C)CC2)CC1. The highest BCUT2D eigenvalue weighted by atomic mass is 32.2. The van der Waals surface area contributed by atoms with E-state index in [4.69, 9.17) is 5.26 Å². The molecule has 3 amide bonds. The maximum atomic E-state index is 13.3. The van der Waals surface area contributed by atoms with Crippen molar-refractivity contribution in [1.82, 2.24) is 14.8 Å². The number of hydrogen-bond donors (Lipinski definition) is 1. The largest absolute Gasteiger partial charge is 0.343 e. The molecule has 2 heterocycles. The maximum absolute atomic E-state index is 13.3. The molecule has 1 N–H and O–H groups in total. The fourth-order valence-electron chi connectivity index (χ4n) is 4.48. The van der Waals surface area contributed by atoms with Crippen molar-refractivity contribution in [1.29, 1.82) is 5.26 Å². The molecule has 0 aromatic carbocycles. The summed E-state index contributed by atoms with van der Waals surface area (Å²) < 4.78 is 0.772. The number of nitriles is 1. The zero-order valence-corrected chi connectivity index (χ0v) is 19.4. The third kappa shape index (κ3) is 5.88. The zero-order valence-electron chi connectivity index (χ0n) is 17.8. The summed E-state index contributed by atoms with van der Waals surface area (Å²) in [5, 5.41) is 14.4. The Morgan fingerprint density at radius 3 is 2.57 bits per heavy atom. The highest BCUT2D eigenvalue weighted by molar-refractivity contribution is 8.05. The summed E-state index contributed by atoms with van der Waals surface area (Å²) in [5.41, 5.74) is 0. The molecular weight excluding hydrogens is 418 g/mol. The molecule has 9 heteroatoms. The molecular formula is C21H31N5O2S2. The van der Waals surface area contributed by atoms with Crippen LogP contribution < -0.4 is 5.32 Å². The van der Waals surface area contributed by atoms with Gasteiger partial charge in [-0.05, 0) is 50.9 Å². The van der Waals surface area contributed by atoms with Crippen molar-refractivity contribution in [3.05, 3.63) is 6.20 Å². The van der Waals surface area contributed by atoms with E-state index in [1.807, 2.05) is 22.1 Å². The first kappa shape index (κ1) is 22.9. The number of rotatable bonds is 6. The van der Waals surface area contributed by atoms with Crippen LogP contribution in [0.1, 0.15) is 65.2 Å². The van der Waals surface area contributed by atoms with Crippen LogP contribution in [0.2, 0.25) is 0 Å². The smallest absolute Gasteiger partial charge is 0.324 e. The molecule has 2 aliphatic rings. The van der Waals surface area contributed by atoms with Gasteiger partial charge in [0, 0.05) is 43.4 Å². The van der Waals surface area contributed by atoms with Gasteiger partial charge in [-0.2, -0.15) is 5.26 Å². The molecule has 164 valence electrons. The average molecular weight is 450 g/mol. The number of thiazole rings is 1. The van der Waals surface area contributed by atoms with E-state index in [0.29, 0.717) is 17.5 Å². The Morgan fingerprint density at radius 2 is 1.93 bits per heavy atom. The van der Waals surface area contributed by atoms with Crippen LogP contribution >= 0.6 is 23.1 Å². The molecule has 1 aliphatic heterocycles. The molecule has 1 aromatic heterocycles. The van der Waals surface area contributed by atoms with Crippen LogP contribution in [0.25, 0.3) is 0 Å². The lowest BCUT2D eigenvalue weighted by Crippen LogP contribution is -2.54. The summed E-state index contributed by atoms with van der Waals surface area (Å²) in [6.45, 7) is 5.75. The normalized spacial score (nSPS) is 22.4. The first-order valence-corrected chi connectivity index (χ1v) is 12.5. The van der Waals surface area contributed by atoms with Gasteiger partial charge in [-0.25, -0.2) is 9.78 Å². The molecule has 7 nitrogen and oxygen atoms in total. The second-order valence-corrected chi connectivity index (χ2v) is 10.4. The Morgan fingerprint density at radius 1 is 1.27 bits per heavy atom. The number of piperidine rings is 1. The van der Waals surface area contributed by atoms with E-state index in [1.54, 1.807) is 6.20 Å². The predicted octanol–water partition coefficient (Wildman–Crippen LogP) is 4.92. The van der Waals surface area contributed by atoms with Gasteiger partial charge in [0.1, 0.15) is 5.40 Å². The van der Waals surface area contributed by atoms with Crippen molar-refractivity contribution in [3.63, 3.8) is 0 Å². The van der Waals surface area contributed by atoms with Gasteiger partial charge in [-0.15, -0.1) is 0 Å². The van der Waals surface area contributed by atoms with Gasteiger partial charge in [0.2, 0.25) is 5.91 Å². The van der Waals surface area contributed by atoms with Crippen LogP contribution in [0.15, 0.2) is 10.4 Å². The molecule has 1 aliphatic carbocycles. The Bertz CT molecular complexity index is 762. The van der Waals surface area contributed by atoms with E-state index in [0.717, 1.165) is 74.0 Å². The van der Waals surface area contributed by atoms with Crippen molar-refractivity contribution in [3.8, 4) is 5.40 Å². The number of nitrogens with one attached hydrogen (secondary N) is 1. The van der Waals surface area contributed by atoms with Crippen molar-refractivity contribution in [2.75, 3.05) is 18.4 Å². The van der Waals surface area contributed by atoms with Crippen LogP contribution in [0.3, 0.4) is 0 Å². The monoisotopic (exact) mass is 449 g/mol. The second kappa shape index (κ2) is 11.0. The van der Waals surface area contributed by atoms with Crippen LogP contribution in [-0.4, -0.2) is 51.9 Å². The third-order valence-electron chi connectivity index (χ3n) is 6.13. The van der Waals surface area contributed by atoms with Gasteiger partial charge >= 0.3 is 6.03 Å². The van der Waals surface area contributed by atoms with Gasteiger partial charge in [-0.3, -0.25) is 10.1 Å². The van der Waals surface area contributed by atoms with Crippen LogP contribution in [0.5, 0.6) is 0 Å². The van der Waals surface area contributed by atoms with E-state index in [-0.39, 0.29) is 24.0 Å². The van der Waals surface area contributed by atoms with E-state index < -0.39 is 0 Å². The molecule has 0 unspecified atom stereocenters. The van der Waals surface area contributed by atoms with Gasteiger partial charge < -0.3 is 9.80 Å². The Balaban J connectivity index is 1.68. The summed E-state index contributed by atoms with van der Waals surface area (Å²) in [7, 11) is 0. The summed E-state index contributed by atoms with van der Waals surface area (Å²) >= 11 is 2.38. The number of hydrogen-bond acceptors (Lipinski definition) is 6. The predicted molar refractivity (Wildman–Crippen MR) is 120 cm³/mol. The number of nitrogens with zero attached hydrogens (tertiary/aromatic N) is 4. The molecule has 0 atom stereocenters. The second-order valence-electron chi connectivity index (χ2n) is 8.29. The van der Waals surface area contributed by atoms with Crippen molar-refractivity contribution in [2.24, 2.45) is 5.92 Å². The van der Waals surface area contributed by atoms with Crippen LogP contribution in [0, 0.1) is 16.6 Å². The van der Waals surface area contributed by atoms with Gasteiger partial charge in [-0.1, -0.05) is 25.2 Å². The first-order chi connectivity index (χ1) is 14.5. The first-order valence-electron chi connectivity index (χ1n) is 10.9. The highest BCUT2D eigenvalue weighted by Crippen LogP contribution is 2.32. The standard InChI is InChI=1S/C21H31N5O2S2/c1-3-4-18(27)25-11-9-17(10-12-25)26(16-7-5-15(2)6-8-16)21(28)24-20-23-13-19(30-20)29-14-22/h13,15-17H,3-12H2,1-2H3,(H,23,24,28). The highest BCUT2D eigenvalue weighted by Gasteiger charge is 2.35. The summed E-state index contributed by atoms with van der Waals surface area (Å²) in [6, 6.07) is 0.273.